The summed E-state index contributed by atoms with van der Waals surface area (Å²) in [5.41, 5.74) is 0. The van der Waals surface area contributed by atoms with Crippen molar-refractivity contribution in [3.8, 4) is 0 Å². The molecule has 0 aliphatic heterocycles. The molecule has 0 atom stereocenters. The number of hydrogen-bond acceptors (Lipinski definition) is 0. The van der Waals surface area contributed by atoms with E-state index in [4.69, 9.17) is 0 Å². The summed E-state index contributed by atoms with van der Waals surface area (Å²) >= 11 is 0. The number of nitrogens with zero attached hydrogens (tertiary/aromatic N) is 1. The zero-order chi connectivity index (χ0) is 35.6. The van der Waals surface area contributed by atoms with Crippen LogP contribution >= 0.6 is 0 Å². The molecule has 50 heavy (non-hydrogen) atoms. The van der Waals surface area contributed by atoms with E-state index in [0.717, 1.165) is 4.48 Å². The lowest BCUT2D eigenvalue weighted by molar-refractivity contribution is -0.870. The Morgan fingerprint density at radius 1 is 0.200 bits per heavy atom. The van der Waals surface area contributed by atoms with Gasteiger partial charge in [0.25, 0.3) is 0 Å². The first-order chi connectivity index (χ1) is 24.1. The van der Waals surface area contributed by atoms with Crippen molar-refractivity contribution in [2.45, 2.75) is 283 Å². The third kappa shape index (κ3) is 50.5. The Labute approximate surface area is 330 Å². The van der Waals surface area contributed by atoms with E-state index in [9.17, 15) is 0 Å². The van der Waals surface area contributed by atoms with Gasteiger partial charge in [-0.2, -0.15) is 0 Å². The summed E-state index contributed by atoms with van der Waals surface area (Å²) in [6.07, 6.45) is 63.8. The highest BCUT2D eigenvalue weighted by atomic mass is 79.9. The van der Waals surface area contributed by atoms with Gasteiger partial charge in [0.2, 0.25) is 0 Å². The summed E-state index contributed by atoms with van der Waals surface area (Å²) in [5, 5.41) is 0. The topological polar surface area (TPSA) is 0 Å². The Morgan fingerprint density at radius 3 is 0.440 bits per heavy atom. The molecule has 0 rings (SSSR count). The Bertz CT molecular complexity index is 569. The van der Waals surface area contributed by atoms with E-state index < -0.39 is 0 Å². The molecule has 0 aromatic rings. The highest BCUT2D eigenvalue weighted by Crippen LogP contribution is 2.18. The zero-order valence-corrected chi connectivity index (χ0v) is 37.5. The van der Waals surface area contributed by atoms with Gasteiger partial charge in [0.15, 0.2) is 0 Å². The van der Waals surface area contributed by atoms with E-state index in [1.807, 2.05) is 0 Å². The Kier molecular flexibility index (Phi) is 47.9. The van der Waals surface area contributed by atoms with Crippen LogP contribution in [0, 0.1) is 0 Å². The van der Waals surface area contributed by atoms with Crippen LogP contribution in [-0.4, -0.2) is 32.2 Å². The van der Waals surface area contributed by atoms with Crippen molar-refractivity contribution in [3.05, 3.63) is 0 Å². The van der Waals surface area contributed by atoms with Crippen LogP contribution in [0.25, 0.3) is 0 Å². The number of rotatable bonds is 44. The van der Waals surface area contributed by atoms with Crippen LogP contribution in [0.15, 0.2) is 0 Å². The van der Waals surface area contributed by atoms with Crippen molar-refractivity contribution in [1.82, 2.24) is 0 Å². The zero-order valence-electron chi connectivity index (χ0n) is 35.9. The average Bonchev–Trinajstić information content (AvgIpc) is 3.08. The minimum atomic E-state index is 0. The number of halogens is 1. The van der Waals surface area contributed by atoms with E-state index in [1.54, 1.807) is 0 Å². The number of unbranched alkanes of at least 4 members (excludes halogenated alkanes) is 42. The number of quaternary nitrogens is 1. The molecule has 304 valence electrons. The monoisotopic (exact) mass is 770 g/mol. The fourth-order valence-corrected chi connectivity index (χ4v) is 7.91. The van der Waals surface area contributed by atoms with E-state index in [-0.39, 0.29) is 17.0 Å². The van der Waals surface area contributed by atoms with Crippen molar-refractivity contribution < 1.29 is 21.5 Å². The lowest BCUT2D eigenvalue weighted by Gasteiger charge is -2.23. The molecule has 0 radical (unpaired) electrons. The molecule has 0 aliphatic carbocycles. The molecule has 0 saturated carbocycles. The standard InChI is InChI=1S/C48H100N.BrH/c1-5-6-7-8-9-10-11-12-13-14-15-16-17-18-19-20-21-22-23-24-25-26-27-28-29-30-31-32-33-34-35-36-37-38-39-40-41-42-43-44-45-46-47-48-49(2,3)4;/h5-48H2,1-4H3;1H/q+1;/p-1. The van der Waals surface area contributed by atoms with Gasteiger partial charge in [0.1, 0.15) is 0 Å². The quantitative estimate of drug-likeness (QED) is 0.0428. The van der Waals surface area contributed by atoms with Gasteiger partial charge >= 0.3 is 0 Å². The molecule has 0 N–H and O–H groups in total. The highest BCUT2D eigenvalue weighted by molar-refractivity contribution is 4.54. The van der Waals surface area contributed by atoms with Crippen molar-refractivity contribution >= 4 is 0 Å². The van der Waals surface area contributed by atoms with Crippen LogP contribution in [0.4, 0.5) is 0 Å². The van der Waals surface area contributed by atoms with Gasteiger partial charge in [0, 0.05) is 0 Å². The van der Waals surface area contributed by atoms with Crippen LogP contribution < -0.4 is 17.0 Å². The van der Waals surface area contributed by atoms with Crippen molar-refractivity contribution in [3.63, 3.8) is 0 Å². The Balaban J connectivity index is 0. The molecule has 0 bridgehead atoms. The predicted molar refractivity (Wildman–Crippen MR) is 227 cm³/mol. The van der Waals surface area contributed by atoms with Crippen LogP contribution in [0.2, 0.25) is 0 Å². The fourth-order valence-electron chi connectivity index (χ4n) is 7.91. The van der Waals surface area contributed by atoms with Crippen molar-refractivity contribution in [2.75, 3.05) is 27.7 Å². The van der Waals surface area contributed by atoms with E-state index in [2.05, 4.69) is 28.1 Å². The lowest BCUT2D eigenvalue weighted by atomic mass is 10.0. The van der Waals surface area contributed by atoms with Gasteiger partial charge in [-0.3, -0.25) is 0 Å². The molecule has 0 aromatic carbocycles. The maximum atomic E-state index is 2.31. The van der Waals surface area contributed by atoms with Crippen LogP contribution in [-0.2, 0) is 0 Å². The smallest absolute Gasteiger partial charge is 0.0780 e. The molecule has 1 nitrogen and oxygen atoms in total. The third-order valence-electron chi connectivity index (χ3n) is 11.4. The molecule has 0 unspecified atom stereocenters. The van der Waals surface area contributed by atoms with Gasteiger partial charge in [-0.25, -0.2) is 0 Å². The van der Waals surface area contributed by atoms with E-state index in [0.29, 0.717) is 0 Å². The van der Waals surface area contributed by atoms with Crippen molar-refractivity contribution in [1.29, 1.82) is 0 Å². The molecule has 0 amide bonds. The SMILES string of the molecule is CCCCCCCCCCCCCCCCCCCCCCCCCCCCCCCCCCCCCCCCCCCCC[N+](C)(C)C.[Br-]. The third-order valence-corrected chi connectivity index (χ3v) is 11.4. The van der Waals surface area contributed by atoms with Crippen molar-refractivity contribution in [2.24, 2.45) is 0 Å². The average molecular weight is 771 g/mol. The number of hydrogen-bond donors (Lipinski definition) is 0. The molecular weight excluding hydrogens is 670 g/mol. The summed E-state index contributed by atoms with van der Waals surface area (Å²) in [6, 6.07) is 0. The first kappa shape index (κ1) is 52.5. The second-order valence-electron chi connectivity index (χ2n) is 17.9. The van der Waals surface area contributed by atoms with Gasteiger partial charge < -0.3 is 21.5 Å². The maximum absolute atomic E-state index is 2.31. The highest BCUT2D eigenvalue weighted by Gasteiger charge is 2.05. The normalized spacial score (nSPS) is 11.8. The summed E-state index contributed by atoms with van der Waals surface area (Å²) < 4.78 is 1.12. The first-order valence-electron chi connectivity index (χ1n) is 23.9. The van der Waals surface area contributed by atoms with Crippen LogP contribution in [0.3, 0.4) is 0 Å². The summed E-state index contributed by atoms with van der Waals surface area (Å²) in [6.45, 7) is 3.64. The molecule has 2 heteroatoms. The second kappa shape index (κ2) is 45.6. The summed E-state index contributed by atoms with van der Waals surface area (Å²) in [5.74, 6) is 0. The van der Waals surface area contributed by atoms with Gasteiger partial charge in [-0.1, -0.05) is 270 Å². The largest absolute Gasteiger partial charge is 1.00 e. The van der Waals surface area contributed by atoms with E-state index >= 15 is 0 Å². The maximum Gasteiger partial charge on any atom is 0.0780 e. The minimum Gasteiger partial charge on any atom is -1.00 e. The first-order valence-corrected chi connectivity index (χ1v) is 23.9. The summed E-state index contributed by atoms with van der Waals surface area (Å²) in [7, 11) is 6.94. The molecule has 0 fully saturated rings. The summed E-state index contributed by atoms with van der Waals surface area (Å²) in [4.78, 5) is 0. The van der Waals surface area contributed by atoms with Gasteiger partial charge in [-0.05, 0) is 12.8 Å². The fraction of sp³-hybridized carbons (Fsp3) is 1.00. The van der Waals surface area contributed by atoms with Crippen LogP contribution in [0.1, 0.15) is 283 Å². The molecule has 0 aliphatic rings. The predicted octanol–water partition coefficient (Wildman–Crippen LogP) is 14.5. The van der Waals surface area contributed by atoms with E-state index in [1.165, 1.54) is 283 Å². The molecule has 0 aromatic heterocycles. The lowest BCUT2D eigenvalue weighted by Crippen LogP contribution is -3.00. The van der Waals surface area contributed by atoms with Gasteiger partial charge in [0.05, 0.1) is 27.7 Å². The minimum absolute atomic E-state index is 0. The Morgan fingerprint density at radius 2 is 0.320 bits per heavy atom. The van der Waals surface area contributed by atoms with Crippen LogP contribution in [0.5, 0.6) is 0 Å². The molecule has 0 saturated heterocycles. The Hall–Kier alpha value is 0.440. The van der Waals surface area contributed by atoms with Gasteiger partial charge in [-0.15, -0.1) is 0 Å². The molecule has 0 spiro atoms. The second-order valence-corrected chi connectivity index (χ2v) is 17.9. The molecular formula is C48H100BrN. The molecule has 0 heterocycles.